The molecule has 33 heavy (non-hydrogen) atoms. The number of para-hydroxylation sites is 2. The molecule has 0 radical (unpaired) electrons. The molecule has 0 spiro atoms. The molecule has 0 atom stereocenters. The van der Waals surface area contributed by atoms with Crippen molar-refractivity contribution in [3.8, 4) is 0 Å². The molecule has 12 nitrogen and oxygen atoms in total. The second-order valence-electron chi connectivity index (χ2n) is 7.17. The third-order valence-electron chi connectivity index (χ3n) is 4.53. The first kappa shape index (κ1) is 25.2. The quantitative estimate of drug-likeness (QED) is 0.327. The molecule has 0 unspecified atom stereocenters. The van der Waals surface area contributed by atoms with Crippen LogP contribution in [0.25, 0.3) is 22.1 Å². The largest absolute Gasteiger partial charge is 0.368 e. The van der Waals surface area contributed by atoms with Gasteiger partial charge in [0.25, 0.3) is 0 Å². The maximum Gasteiger partial charge on any atom is 0.310 e. The first-order valence-corrected chi connectivity index (χ1v) is 13.2. The predicted octanol–water partition coefficient (Wildman–Crippen LogP) is 1.15. The highest BCUT2D eigenvalue weighted by molar-refractivity contribution is 14.1. The van der Waals surface area contributed by atoms with Crippen LogP contribution in [0.5, 0.6) is 0 Å². The summed E-state index contributed by atoms with van der Waals surface area (Å²) in [4.78, 5) is 8.03. The Hall–Kier alpha value is -2.47. The number of halogens is 1. The molecule has 2 aromatic carbocycles. The lowest BCUT2D eigenvalue weighted by molar-refractivity contribution is 0.512. The molecule has 4 N–H and O–H groups in total. The van der Waals surface area contributed by atoms with E-state index in [0.29, 0.717) is 22.1 Å². The molecular formula is C18H23IN8O4S2. The fraction of sp³-hybridized carbons (Fsp3) is 0.222. The lowest BCUT2D eigenvalue weighted by Crippen LogP contribution is -2.29. The van der Waals surface area contributed by atoms with Gasteiger partial charge in [-0.3, -0.25) is 0 Å². The Morgan fingerprint density at radius 2 is 1.21 bits per heavy atom. The molecule has 0 aliphatic heterocycles. The summed E-state index contributed by atoms with van der Waals surface area (Å²) in [5.41, 5.74) is 13.4. The molecule has 0 saturated heterocycles. The molecule has 2 aromatic heterocycles. The normalized spacial score (nSPS) is 12.5. The molecule has 0 fully saturated rings. The minimum atomic E-state index is -3.65. The van der Waals surface area contributed by atoms with Crippen molar-refractivity contribution in [1.82, 2.24) is 26.5 Å². The van der Waals surface area contributed by atoms with Crippen molar-refractivity contribution in [2.45, 2.75) is 0 Å². The number of nitrogen functional groups attached to an aromatic ring is 2. The van der Waals surface area contributed by atoms with Crippen LogP contribution in [0.15, 0.2) is 42.5 Å². The monoisotopic (exact) mass is 606 g/mol. The minimum absolute atomic E-state index is 0.0318. The molecule has 4 rings (SSSR count). The van der Waals surface area contributed by atoms with Gasteiger partial charge in [-0.1, -0.05) is 12.1 Å². The van der Waals surface area contributed by atoms with Gasteiger partial charge in [0.1, 0.15) is 0 Å². The summed E-state index contributed by atoms with van der Waals surface area (Å²) in [5, 5.41) is 0. The van der Waals surface area contributed by atoms with Crippen LogP contribution in [0.1, 0.15) is 0 Å². The van der Waals surface area contributed by atoms with Gasteiger partial charge in [-0.2, -0.15) is 33.4 Å². The molecule has 4 aromatic rings. The van der Waals surface area contributed by atoms with Crippen LogP contribution in [-0.2, 0) is 20.4 Å². The van der Waals surface area contributed by atoms with Gasteiger partial charge in [0.15, 0.2) is 0 Å². The van der Waals surface area contributed by atoms with E-state index in [0.717, 1.165) is 20.1 Å². The summed E-state index contributed by atoms with van der Waals surface area (Å²) in [7, 11) is -1.48. The van der Waals surface area contributed by atoms with E-state index >= 15 is 0 Å². The molecule has 0 bridgehead atoms. The number of fused-ring (bicyclic) bond motifs is 2. The first-order chi connectivity index (χ1) is 15.3. The SMILES string of the molecule is CN(C)S(=O)(=O)n1c(N)nc2ccc(I)cc21.CN(C)S(=O)(=O)n1c(N)nc2ccccc21. The van der Waals surface area contributed by atoms with Crippen molar-refractivity contribution in [3.05, 3.63) is 46.0 Å². The summed E-state index contributed by atoms with van der Waals surface area (Å²) in [6.45, 7) is 0. The highest BCUT2D eigenvalue weighted by atomic mass is 127. The summed E-state index contributed by atoms with van der Waals surface area (Å²) >= 11 is 2.11. The Balaban J connectivity index is 0.000000186. The van der Waals surface area contributed by atoms with Crippen LogP contribution >= 0.6 is 22.6 Å². The topological polar surface area (TPSA) is 162 Å². The van der Waals surface area contributed by atoms with Crippen molar-refractivity contribution < 1.29 is 16.8 Å². The van der Waals surface area contributed by atoms with Gasteiger partial charge >= 0.3 is 20.4 Å². The number of hydrogen-bond donors (Lipinski definition) is 2. The molecule has 15 heteroatoms. The zero-order chi connectivity index (χ0) is 24.7. The number of benzene rings is 2. The van der Waals surface area contributed by atoms with Gasteiger partial charge in [-0.15, -0.1) is 0 Å². The van der Waals surface area contributed by atoms with Crippen LogP contribution in [0, 0.1) is 3.57 Å². The number of nitrogens with zero attached hydrogens (tertiary/aromatic N) is 6. The van der Waals surface area contributed by atoms with E-state index in [1.807, 2.05) is 6.07 Å². The smallest absolute Gasteiger partial charge is 0.310 e. The van der Waals surface area contributed by atoms with E-state index in [-0.39, 0.29) is 11.9 Å². The van der Waals surface area contributed by atoms with Gasteiger partial charge in [0.2, 0.25) is 11.9 Å². The maximum absolute atomic E-state index is 12.1. The Bertz CT molecular complexity index is 1540. The molecule has 2 heterocycles. The van der Waals surface area contributed by atoms with Crippen molar-refractivity contribution in [3.63, 3.8) is 0 Å². The Morgan fingerprint density at radius 1 is 0.758 bits per heavy atom. The summed E-state index contributed by atoms with van der Waals surface area (Å²) in [6.07, 6.45) is 0. The second kappa shape index (κ2) is 9.05. The highest BCUT2D eigenvalue weighted by Crippen LogP contribution is 2.23. The predicted molar refractivity (Wildman–Crippen MR) is 137 cm³/mol. The van der Waals surface area contributed by atoms with E-state index < -0.39 is 20.4 Å². The molecule has 0 aliphatic carbocycles. The molecule has 178 valence electrons. The molecule has 0 aliphatic rings. The number of anilines is 2. The van der Waals surface area contributed by atoms with Gasteiger partial charge in [-0.05, 0) is 52.9 Å². The number of rotatable bonds is 4. The minimum Gasteiger partial charge on any atom is -0.368 e. The number of nitrogens with two attached hydrogens (primary N) is 2. The molecule has 0 saturated carbocycles. The lowest BCUT2D eigenvalue weighted by Gasteiger charge is -2.13. The van der Waals surface area contributed by atoms with Crippen molar-refractivity contribution in [2.24, 2.45) is 0 Å². The summed E-state index contributed by atoms with van der Waals surface area (Å²) in [5.74, 6) is -0.0643. The van der Waals surface area contributed by atoms with E-state index in [9.17, 15) is 16.8 Å². The number of imidazole rings is 2. The Kier molecular flexibility index (Phi) is 6.90. The maximum atomic E-state index is 12.1. The average molecular weight is 606 g/mol. The van der Waals surface area contributed by atoms with Crippen LogP contribution in [0.2, 0.25) is 0 Å². The van der Waals surface area contributed by atoms with Gasteiger partial charge in [0, 0.05) is 31.8 Å². The van der Waals surface area contributed by atoms with Crippen molar-refractivity contribution in [1.29, 1.82) is 0 Å². The van der Waals surface area contributed by atoms with Crippen LogP contribution in [-0.4, -0.2) is 71.5 Å². The Labute approximate surface area is 205 Å². The third kappa shape index (κ3) is 4.63. The second-order valence-corrected chi connectivity index (χ2v) is 12.4. The Morgan fingerprint density at radius 3 is 1.73 bits per heavy atom. The van der Waals surface area contributed by atoms with Crippen molar-refractivity contribution >= 4 is 77.0 Å². The number of aromatic nitrogens is 4. The van der Waals surface area contributed by atoms with Crippen LogP contribution in [0.3, 0.4) is 0 Å². The van der Waals surface area contributed by atoms with Gasteiger partial charge < -0.3 is 11.5 Å². The van der Waals surface area contributed by atoms with Crippen LogP contribution < -0.4 is 11.5 Å². The number of hydrogen-bond acceptors (Lipinski definition) is 8. The lowest BCUT2D eigenvalue weighted by atomic mass is 10.3. The van der Waals surface area contributed by atoms with Crippen LogP contribution in [0.4, 0.5) is 11.9 Å². The first-order valence-electron chi connectivity index (χ1n) is 9.31. The fourth-order valence-electron chi connectivity index (χ4n) is 2.88. The average Bonchev–Trinajstić information content (AvgIpc) is 3.23. The van der Waals surface area contributed by atoms with Gasteiger partial charge in [0.05, 0.1) is 22.1 Å². The summed E-state index contributed by atoms with van der Waals surface area (Å²) < 4.78 is 53.4. The van der Waals surface area contributed by atoms with Gasteiger partial charge in [-0.25, -0.2) is 9.97 Å². The zero-order valence-corrected chi connectivity index (χ0v) is 22.0. The highest BCUT2D eigenvalue weighted by Gasteiger charge is 2.23. The molecular weight excluding hydrogens is 583 g/mol. The standard InChI is InChI=1S/C9H11IN4O2S.C9H12N4O2S/c1-13(2)17(15,16)14-8-5-6(10)3-4-7(8)12-9(14)11;1-12(2)16(14,15)13-8-6-4-3-5-7(8)11-9(13)10/h3-5H,1-2H3,(H2,11,12);3-6H,1-2H3,(H2,10,11). The fourth-order valence-corrected chi connectivity index (χ4v) is 5.36. The van der Waals surface area contributed by atoms with Crippen molar-refractivity contribution in [2.75, 3.05) is 39.7 Å². The third-order valence-corrected chi connectivity index (χ3v) is 8.73. The zero-order valence-electron chi connectivity index (χ0n) is 18.2. The van der Waals surface area contributed by atoms with E-state index in [2.05, 4.69) is 32.6 Å². The van der Waals surface area contributed by atoms with E-state index in [4.69, 9.17) is 11.5 Å². The van der Waals surface area contributed by atoms with E-state index in [1.165, 1.54) is 28.2 Å². The molecule has 0 amide bonds. The van der Waals surface area contributed by atoms with E-state index in [1.54, 1.807) is 36.4 Å². The summed E-state index contributed by atoms with van der Waals surface area (Å²) in [6, 6.07) is 12.2.